The van der Waals surface area contributed by atoms with Crippen molar-refractivity contribution < 1.29 is 4.79 Å². The normalized spacial score (nSPS) is 18.3. The van der Waals surface area contributed by atoms with E-state index in [1.165, 1.54) is 18.1 Å². The van der Waals surface area contributed by atoms with Crippen LogP contribution in [0.15, 0.2) is 24.3 Å². The summed E-state index contributed by atoms with van der Waals surface area (Å²) in [4.78, 5) is 13.4. The first-order valence-corrected chi connectivity index (χ1v) is 6.55. The van der Waals surface area contributed by atoms with E-state index in [0.29, 0.717) is 13.1 Å². The lowest BCUT2D eigenvalue weighted by Crippen LogP contribution is -2.64. The van der Waals surface area contributed by atoms with Crippen LogP contribution in [0.25, 0.3) is 0 Å². The van der Waals surface area contributed by atoms with Crippen LogP contribution in [0.3, 0.4) is 0 Å². The molecule has 1 amide bonds. The molecule has 0 radical (unpaired) electrons. The molecule has 19 heavy (non-hydrogen) atoms. The minimum atomic E-state index is -1.24. The summed E-state index contributed by atoms with van der Waals surface area (Å²) in [6.45, 7) is 2.77. The van der Waals surface area contributed by atoms with Gasteiger partial charge in [0.05, 0.1) is 5.71 Å². The highest BCUT2D eigenvalue weighted by Crippen LogP contribution is 2.23. The maximum atomic E-state index is 11.6. The highest BCUT2D eigenvalue weighted by atomic mass is 32.1. The first-order valence-electron chi connectivity index (χ1n) is 6.11. The van der Waals surface area contributed by atoms with Crippen LogP contribution in [0.4, 0.5) is 0 Å². The SMILES string of the molecule is CC(=N)C(=O)NC(N)(S)N1CCc2ccccc2C1. The van der Waals surface area contributed by atoms with Gasteiger partial charge < -0.3 is 5.32 Å². The number of hydrogen-bond donors (Lipinski definition) is 4. The number of nitrogens with zero attached hydrogens (tertiary/aromatic N) is 1. The molecular weight excluding hydrogens is 260 g/mol. The molecule has 1 aliphatic heterocycles. The van der Waals surface area contributed by atoms with Gasteiger partial charge in [-0.05, 0) is 24.5 Å². The van der Waals surface area contributed by atoms with Gasteiger partial charge in [0.1, 0.15) is 0 Å². The van der Waals surface area contributed by atoms with Crippen LogP contribution >= 0.6 is 12.6 Å². The molecule has 0 aliphatic carbocycles. The number of nitrogens with two attached hydrogens (primary N) is 1. The molecule has 4 N–H and O–H groups in total. The summed E-state index contributed by atoms with van der Waals surface area (Å²) in [5.41, 5.74) is 8.46. The van der Waals surface area contributed by atoms with E-state index in [0.717, 1.165) is 6.42 Å². The van der Waals surface area contributed by atoms with E-state index in [2.05, 4.69) is 30.1 Å². The number of hydrogen-bond acceptors (Lipinski definition) is 5. The van der Waals surface area contributed by atoms with E-state index >= 15 is 0 Å². The number of rotatable bonds is 3. The van der Waals surface area contributed by atoms with Crippen molar-refractivity contribution in [3.05, 3.63) is 35.4 Å². The quantitative estimate of drug-likeness (QED) is 0.373. The fraction of sp³-hybridized carbons (Fsp3) is 0.385. The van der Waals surface area contributed by atoms with Crippen molar-refractivity contribution in [2.45, 2.75) is 25.0 Å². The van der Waals surface area contributed by atoms with Crippen molar-refractivity contribution >= 4 is 24.2 Å². The van der Waals surface area contributed by atoms with Gasteiger partial charge in [0, 0.05) is 13.1 Å². The Hall–Kier alpha value is -1.37. The summed E-state index contributed by atoms with van der Waals surface area (Å²) < 4.78 is 0. The molecule has 1 aromatic carbocycles. The minimum Gasteiger partial charge on any atom is -0.312 e. The van der Waals surface area contributed by atoms with Crippen molar-refractivity contribution in [2.24, 2.45) is 5.73 Å². The van der Waals surface area contributed by atoms with Crippen molar-refractivity contribution in [1.29, 1.82) is 5.41 Å². The van der Waals surface area contributed by atoms with Crippen LogP contribution in [0.2, 0.25) is 0 Å². The topological polar surface area (TPSA) is 82.2 Å². The molecule has 1 aliphatic rings. The molecule has 0 fully saturated rings. The van der Waals surface area contributed by atoms with Gasteiger partial charge in [0.2, 0.25) is 0 Å². The third kappa shape index (κ3) is 3.15. The third-order valence-corrected chi connectivity index (χ3v) is 3.65. The molecule has 5 nitrogen and oxygen atoms in total. The summed E-state index contributed by atoms with van der Waals surface area (Å²) in [6, 6.07) is 8.16. The molecule has 0 bridgehead atoms. The molecule has 1 unspecified atom stereocenters. The van der Waals surface area contributed by atoms with Crippen molar-refractivity contribution in [3.63, 3.8) is 0 Å². The van der Waals surface area contributed by atoms with Gasteiger partial charge in [0.15, 0.2) is 5.12 Å². The highest BCUT2D eigenvalue weighted by Gasteiger charge is 2.33. The molecule has 0 spiro atoms. The third-order valence-electron chi connectivity index (χ3n) is 3.25. The highest BCUT2D eigenvalue weighted by molar-refractivity contribution is 7.81. The molecular formula is C13H18N4OS. The Kier molecular flexibility index (Phi) is 3.93. The van der Waals surface area contributed by atoms with Crippen LogP contribution in [0.1, 0.15) is 18.1 Å². The van der Waals surface area contributed by atoms with Gasteiger partial charge in [-0.25, -0.2) is 0 Å². The molecule has 0 aromatic heterocycles. The Bertz CT molecular complexity index is 515. The smallest absolute Gasteiger partial charge is 0.267 e. The molecule has 1 atom stereocenters. The second-order valence-electron chi connectivity index (χ2n) is 4.75. The summed E-state index contributed by atoms with van der Waals surface area (Å²) in [6.07, 6.45) is 0.870. The fourth-order valence-electron chi connectivity index (χ4n) is 2.13. The van der Waals surface area contributed by atoms with Crippen LogP contribution in [-0.4, -0.2) is 28.2 Å². The predicted molar refractivity (Wildman–Crippen MR) is 78.0 cm³/mol. The molecule has 102 valence electrons. The van der Waals surface area contributed by atoms with E-state index in [9.17, 15) is 4.79 Å². The Balaban J connectivity index is 2.11. The van der Waals surface area contributed by atoms with Gasteiger partial charge >= 0.3 is 0 Å². The van der Waals surface area contributed by atoms with Gasteiger partial charge in [-0.2, -0.15) is 0 Å². The number of carbonyl (C=O) groups excluding carboxylic acids is 1. The van der Waals surface area contributed by atoms with E-state index in [1.54, 1.807) is 0 Å². The minimum absolute atomic E-state index is 0.0821. The lowest BCUT2D eigenvalue weighted by molar-refractivity contribution is -0.117. The number of amides is 1. The Labute approximate surface area is 118 Å². The Morgan fingerprint density at radius 3 is 2.74 bits per heavy atom. The fourth-order valence-corrected chi connectivity index (χ4v) is 2.40. The zero-order valence-electron chi connectivity index (χ0n) is 10.8. The second kappa shape index (κ2) is 5.32. The van der Waals surface area contributed by atoms with Crippen LogP contribution in [0, 0.1) is 5.41 Å². The van der Waals surface area contributed by atoms with Crippen molar-refractivity contribution in [1.82, 2.24) is 10.2 Å². The summed E-state index contributed by atoms with van der Waals surface area (Å²) in [7, 11) is 0. The van der Waals surface area contributed by atoms with Gasteiger partial charge in [0.25, 0.3) is 5.91 Å². The lowest BCUT2D eigenvalue weighted by Gasteiger charge is -2.40. The van der Waals surface area contributed by atoms with Crippen LogP contribution < -0.4 is 11.1 Å². The number of benzene rings is 1. The molecule has 0 saturated carbocycles. The molecule has 0 saturated heterocycles. The summed E-state index contributed by atoms with van der Waals surface area (Å²) >= 11 is 4.33. The van der Waals surface area contributed by atoms with E-state index in [1.807, 2.05) is 17.0 Å². The van der Waals surface area contributed by atoms with Gasteiger partial charge in [-0.15, -0.1) is 12.6 Å². The summed E-state index contributed by atoms with van der Waals surface area (Å²) in [5.74, 6) is -0.503. The van der Waals surface area contributed by atoms with Gasteiger partial charge in [-0.1, -0.05) is 24.3 Å². The second-order valence-corrected chi connectivity index (χ2v) is 5.43. The average Bonchev–Trinajstić information content (AvgIpc) is 2.37. The van der Waals surface area contributed by atoms with E-state index < -0.39 is 11.0 Å². The number of thiol groups is 1. The molecule has 2 rings (SSSR count). The zero-order valence-corrected chi connectivity index (χ0v) is 11.7. The molecule has 1 aromatic rings. The van der Waals surface area contributed by atoms with E-state index in [4.69, 9.17) is 11.1 Å². The first-order chi connectivity index (χ1) is 8.90. The maximum Gasteiger partial charge on any atom is 0.267 e. The summed E-state index contributed by atoms with van der Waals surface area (Å²) in [5, 5.41) is 8.61. The van der Waals surface area contributed by atoms with E-state index in [-0.39, 0.29) is 5.71 Å². The lowest BCUT2D eigenvalue weighted by atomic mass is 10.00. The van der Waals surface area contributed by atoms with Crippen LogP contribution in [-0.2, 0) is 17.8 Å². The predicted octanol–water partition coefficient (Wildman–Crippen LogP) is 0.700. The number of carbonyl (C=O) groups is 1. The van der Waals surface area contributed by atoms with Crippen molar-refractivity contribution in [2.75, 3.05) is 6.54 Å². The Morgan fingerprint density at radius 1 is 1.47 bits per heavy atom. The van der Waals surface area contributed by atoms with Gasteiger partial charge in [-0.3, -0.25) is 20.8 Å². The van der Waals surface area contributed by atoms with Crippen LogP contribution in [0.5, 0.6) is 0 Å². The van der Waals surface area contributed by atoms with Crippen molar-refractivity contribution in [3.8, 4) is 0 Å². The Morgan fingerprint density at radius 2 is 2.11 bits per heavy atom. The maximum absolute atomic E-state index is 11.6. The molecule has 1 heterocycles. The average molecular weight is 278 g/mol. The molecule has 6 heteroatoms. The zero-order chi connectivity index (χ0) is 14.0. The first kappa shape index (κ1) is 14.0. The number of fused-ring (bicyclic) bond motifs is 1. The number of nitrogens with one attached hydrogen (secondary N) is 2. The monoisotopic (exact) mass is 278 g/mol. The largest absolute Gasteiger partial charge is 0.312 e. The standard InChI is InChI=1S/C13H18N4OS/c1-9(14)12(18)16-13(15,19)17-7-6-10-4-2-3-5-11(10)8-17/h2-5,14,19H,6-8,15H2,1H3,(H,16,18).